The minimum Gasteiger partial charge on any atom is -0.478 e. The molecule has 0 spiro atoms. The molecule has 2 N–H and O–H groups in total. The van der Waals surface area contributed by atoms with E-state index in [1.54, 1.807) is 18.0 Å². The maximum atomic E-state index is 13.6. The van der Waals surface area contributed by atoms with Gasteiger partial charge in [0.2, 0.25) is 11.8 Å². The summed E-state index contributed by atoms with van der Waals surface area (Å²) in [4.78, 5) is 42.4. The van der Waals surface area contributed by atoms with E-state index in [1.165, 1.54) is 6.92 Å². The molecule has 0 aromatic rings. The molecule has 0 saturated carbocycles. The number of nitrogens with zero attached hydrogens (tertiary/aromatic N) is 2. The van der Waals surface area contributed by atoms with Crippen LogP contribution in [0.15, 0.2) is 11.6 Å². The topological polar surface area (TPSA) is 90.0 Å². The second kappa shape index (κ2) is 12.5. The predicted molar refractivity (Wildman–Crippen MR) is 133 cm³/mol. The molecule has 1 aliphatic rings. The van der Waals surface area contributed by atoms with Crippen molar-refractivity contribution in [3.05, 3.63) is 11.6 Å². The molecule has 4 atom stereocenters. The van der Waals surface area contributed by atoms with Crippen molar-refractivity contribution in [2.45, 2.75) is 112 Å². The summed E-state index contributed by atoms with van der Waals surface area (Å²) in [7, 11) is 1.69. The number of amides is 2. The van der Waals surface area contributed by atoms with Crippen LogP contribution in [0.5, 0.6) is 0 Å². The van der Waals surface area contributed by atoms with Crippen LogP contribution in [0.1, 0.15) is 87.5 Å². The maximum Gasteiger partial charge on any atom is 0.331 e. The predicted octanol–water partition coefficient (Wildman–Crippen LogP) is 4.07. The molecule has 1 heterocycles. The van der Waals surface area contributed by atoms with Gasteiger partial charge in [-0.25, -0.2) is 4.79 Å². The Morgan fingerprint density at radius 1 is 1.18 bits per heavy atom. The molecule has 33 heavy (non-hydrogen) atoms. The molecule has 0 radical (unpaired) electrons. The number of nitrogens with one attached hydrogen (secondary N) is 1. The zero-order chi connectivity index (χ0) is 25.5. The van der Waals surface area contributed by atoms with Crippen LogP contribution >= 0.6 is 0 Å². The van der Waals surface area contributed by atoms with Crippen molar-refractivity contribution in [1.29, 1.82) is 0 Å². The van der Waals surface area contributed by atoms with Crippen LogP contribution in [-0.2, 0) is 14.4 Å². The van der Waals surface area contributed by atoms with E-state index >= 15 is 0 Å². The average Bonchev–Trinajstić information content (AvgIpc) is 2.73. The first-order valence-electron chi connectivity index (χ1n) is 12.5. The van der Waals surface area contributed by atoms with Gasteiger partial charge >= 0.3 is 5.97 Å². The molecule has 190 valence electrons. The van der Waals surface area contributed by atoms with Gasteiger partial charge in [-0.3, -0.25) is 14.5 Å². The summed E-state index contributed by atoms with van der Waals surface area (Å²) in [5.74, 6) is -1.26. The lowest BCUT2D eigenvalue weighted by Crippen LogP contribution is -2.60. The first-order valence-corrected chi connectivity index (χ1v) is 12.5. The van der Waals surface area contributed by atoms with E-state index in [0.717, 1.165) is 38.6 Å². The zero-order valence-corrected chi connectivity index (χ0v) is 22.3. The highest BCUT2D eigenvalue weighted by atomic mass is 16.4. The fourth-order valence-corrected chi connectivity index (χ4v) is 4.66. The second-order valence-corrected chi connectivity index (χ2v) is 11.0. The van der Waals surface area contributed by atoms with E-state index in [0.29, 0.717) is 6.04 Å². The normalized spacial score (nSPS) is 20.8. The minimum atomic E-state index is -0.999. The standard InChI is InChI=1S/C26H47N3O4/c1-10-13-19(5)29-15-12-11-14-20(29)23(30)27-22(26(6,7)8)24(31)28(9)21(17(2)3)16-18(4)25(32)33/h16-17,19-22H,10-15H2,1-9H3,(H,27,30)(H,32,33)/b18-16+. The van der Waals surface area contributed by atoms with Gasteiger partial charge in [0.05, 0.1) is 12.1 Å². The van der Waals surface area contributed by atoms with Crippen molar-refractivity contribution in [2.24, 2.45) is 11.3 Å². The van der Waals surface area contributed by atoms with Crippen molar-refractivity contribution in [3.8, 4) is 0 Å². The van der Waals surface area contributed by atoms with Crippen LogP contribution in [0.4, 0.5) is 0 Å². The van der Waals surface area contributed by atoms with Crippen LogP contribution in [0, 0.1) is 11.3 Å². The van der Waals surface area contributed by atoms with Crippen LogP contribution in [0.2, 0.25) is 0 Å². The molecule has 0 aliphatic carbocycles. The lowest BCUT2D eigenvalue weighted by Gasteiger charge is -2.41. The second-order valence-electron chi connectivity index (χ2n) is 11.0. The number of hydrogen-bond donors (Lipinski definition) is 2. The van der Waals surface area contributed by atoms with Crippen LogP contribution in [0.25, 0.3) is 0 Å². The molecule has 0 bridgehead atoms. The van der Waals surface area contributed by atoms with E-state index in [1.807, 2.05) is 34.6 Å². The van der Waals surface area contributed by atoms with Gasteiger partial charge in [0.15, 0.2) is 0 Å². The van der Waals surface area contributed by atoms with Crippen molar-refractivity contribution in [2.75, 3.05) is 13.6 Å². The number of carbonyl (C=O) groups is 3. The largest absolute Gasteiger partial charge is 0.478 e. The highest BCUT2D eigenvalue weighted by molar-refractivity contribution is 5.91. The third-order valence-corrected chi connectivity index (χ3v) is 6.76. The summed E-state index contributed by atoms with van der Waals surface area (Å²) in [5, 5.41) is 12.4. The molecule has 7 heteroatoms. The molecular formula is C26H47N3O4. The summed E-state index contributed by atoms with van der Waals surface area (Å²) in [6.07, 6.45) is 6.64. The lowest BCUT2D eigenvalue weighted by molar-refractivity contribution is -0.142. The van der Waals surface area contributed by atoms with Gasteiger partial charge in [-0.2, -0.15) is 0 Å². The van der Waals surface area contributed by atoms with Crippen molar-refractivity contribution < 1.29 is 19.5 Å². The Morgan fingerprint density at radius 3 is 2.27 bits per heavy atom. The maximum absolute atomic E-state index is 13.6. The summed E-state index contributed by atoms with van der Waals surface area (Å²) in [6, 6.07) is -0.989. The van der Waals surface area contributed by atoms with Crippen LogP contribution < -0.4 is 5.32 Å². The third kappa shape index (κ3) is 8.13. The number of likely N-dealkylation sites (N-methyl/N-ethyl adjacent to an activating group) is 1. The van der Waals surface area contributed by atoms with E-state index in [4.69, 9.17) is 0 Å². The Hall–Kier alpha value is -1.89. The highest BCUT2D eigenvalue weighted by Gasteiger charge is 2.40. The zero-order valence-electron chi connectivity index (χ0n) is 22.3. The number of piperidine rings is 1. The van der Waals surface area contributed by atoms with Gasteiger partial charge in [-0.15, -0.1) is 0 Å². The van der Waals surface area contributed by atoms with Gasteiger partial charge in [0, 0.05) is 18.7 Å². The van der Waals surface area contributed by atoms with Gasteiger partial charge in [-0.1, -0.05) is 60.5 Å². The molecule has 0 aromatic carbocycles. The first kappa shape index (κ1) is 29.1. The van der Waals surface area contributed by atoms with Crippen LogP contribution in [0.3, 0.4) is 0 Å². The Kier molecular flexibility index (Phi) is 11.1. The fraction of sp³-hybridized carbons (Fsp3) is 0.808. The molecule has 1 rings (SSSR count). The SMILES string of the molecule is CCCC(C)N1CCCCC1C(=O)NC(C(=O)N(C)C(/C=C(\C)C(=O)O)C(C)C)C(C)(C)C. The summed E-state index contributed by atoms with van der Waals surface area (Å²) in [6.45, 7) is 16.5. The Balaban J connectivity index is 3.16. The number of carbonyl (C=O) groups excluding carboxylic acids is 2. The molecular weight excluding hydrogens is 418 g/mol. The number of rotatable bonds is 10. The van der Waals surface area contributed by atoms with Gasteiger partial charge in [0.25, 0.3) is 0 Å². The Morgan fingerprint density at radius 2 is 1.79 bits per heavy atom. The number of carboxylic acids is 1. The number of hydrogen-bond acceptors (Lipinski definition) is 4. The summed E-state index contributed by atoms with van der Waals surface area (Å²) >= 11 is 0. The van der Waals surface area contributed by atoms with E-state index in [2.05, 4.69) is 24.1 Å². The van der Waals surface area contributed by atoms with E-state index in [-0.39, 0.29) is 35.4 Å². The Bertz CT molecular complexity index is 711. The fourth-order valence-electron chi connectivity index (χ4n) is 4.66. The highest BCUT2D eigenvalue weighted by Crippen LogP contribution is 2.26. The third-order valence-electron chi connectivity index (χ3n) is 6.76. The minimum absolute atomic E-state index is 0.0216. The molecule has 1 saturated heterocycles. The van der Waals surface area contributed by atoms with Crippen molar-refractivity contribution in [1.82, 2.24) is 15.1 Å². The molecule has 4 unspecified atom stereocenters. The average molecular weight is 466 g/mol. The first-order chi connectivity index (χ1) is 15.2. The molecule has 2 amide bonds. The van der Waals surface area contributed by atoms with Gasteiger partial charge in [-0.05, 0) is 51.0 Å². The van der Waals surface area contributed by atoms with Gasteiger partial charge < -0.3 is 15.3 Å². The number of carboxylic acid groups (broad SMARTS) is 1. The summed E-state index contributed by atoms with van der Waals surface area (Å²) < 4.78 is 0. The summed E-state index contributed by atoms with van der Waals surface area (Å²) in [5.41, 5.74) is -0.296. The number of aliphatic carboxylic acids is 1. The smallest absolute Gasteiger partial charge is 0.331 e. The molecule has 1 fully saturated rings. The van der Waals surface area contributed by atoms with Crippen molar-refractivity contribution in [3.63, 3.8) is 0 Å². The van der Waals surface area contributed by atoms with Gasteiger partial charge in [0.1, 0.15) is 6.04 Å². The lowest BCUT2D eigenvalue weighted by atomic mass is 9.84. The van der Waals surface area contributed by atoms with E-state index in [9.17, 15) is 19.5 Å². The monoisotopic (exact) mass is 465 g/mol. The quantitative estimate of drug-likeness (QED) is 0.475. The molecule has 0 aromatic heterocycles. The molecule has 7 nitrogen and oxygen atoms in total. The van der Waals surface area contributed by atoms with Crippen LogP contribution in [-0.4, -0.2) is 70.4 Å². The van der Waals surface area contributed by atoms with Crippen molar-refractivity contribution >= 4 is 17.8 Å². The molecule has 1 aliphatic heterocycles. The van der Waals surface area contributed by atoms with E-state index < -0.39 is 17.4 Å². The number of likely N-dealkylation sites (tertiary alicyclic amines) is 1. The Labute approximate surface area is 201 Å².